The van der Waals surface area contributed by atoms with Gasteiger partial charge in [-0.1, -0.05) is 6.07 Å². The Morgan fingerprint density at radius 3 is 1.70 bits per heavy atom. The van der Waals surface area contributed by atoms with E-state index in [4.69, 9.17) is 0 Å². The zero-order chi connectivity index (χ0) is 16.7. The van der Waals surface area contributed by atoms with E-state index in [2.05, 4.69) is 10.2 Å². The first-order valence-electron chi connectivity index (χ1n) is 7.44. The maximum Gasteiger partial charge on any atom is 0.169 e. The molecular formula is C17H20N4O2. The summed E-state index contributed by atoms with van der Waals surface area (Å²) in [5.41, 5.74) is 4.60. The van der Waals surface area contributed by atoms with E-state index in [0.717, 1.165) is 28.3 Å². The number of nitrogens with zero attached hydrogens (tertiary/aromatic N) is 4. The molecule has 2 N–H and O–H groups in total. The highest BCUT2D eigenvalue weighted by atomic mass is 16.3. The van der Waals surface area contributed by atoms with Crippen molar-refractivity contribution in [2.75, 3.05) is 0 Å². The van der Waals surface area contributed by atoms with Crippen molar-refractivity contribution in [3.8, 4) is 11.5 Å². The molecule has 120 valence electrons. The van der Waals surface area contributed by atoms with Crippen molar-refractivity contribution in [2.24, 2.45) is 0 Å². The lowest BCUT2D eigenvalue weighted by atomic mass is 10.1. The minimum absolute atomic E-state index is 0.144. The van der Waals surface area contributed by atoms with Gasteiger partial charge in [0.1, 0.15) is 0 Å². The molecule has 0 atom stereocenters. The number of rotatable bonds is 3. The molecule has 0 saturated heterocycles. The second kappa shape index (κ2) is 5.46. The summed E-state index contributed by atoms with van der Waals surface area (Å²) in [6, 6.07) is 8.80. The molecule has 0 bridgehead atoms. The molecule has 2 heterocycles. The summed E-state index contributed by atoms with van der Waals surface area (Å²) in [4.78, 5) is 0. The number of hydrogen-bond donors (Lipinski definition) is 2. The van der Waals surface area contributed by atoms with Gasteiger partial charge in [0.05, 0.1) is 11.4 Å². The van der Waals surface area contributed by atoms with Crippen molar-refractivity contribution in [3.05, 3.63) is 58.7 Å². The fourth-order valence-corrected chi connectivity index (χ4v) is 2.87. The Morgan fingerprint density at radius 1 is 0.783 bits per heavy atom. The van der Waals surface area contributed by atoms with Crippen LogP contribution in [0.3, 0.4) is 0 Å². The van der Waals surface area contributed by atoms with Crippen LogP contribution in [-0.4, -0.2) is 29.8 Å². The predicted molar refractivity (Wildman–Crippen MR) is 86.7 cm³/mol. The molecule has 0 radical (unpaired) electrons. The summed E-state index contributed by atoms with van der Waals surface area (Å²) in [5.74, 6) is -0.301. The van der Waals surface area contributed by atoms with Gasteiger partial charge in [0, 0.05) is 17.0 Å². The van der Waals surface area contributed by atoms with Gasteiger partial charge in [-0.25, -0.2) is 9.36 Å². The minimum atomic E-state index is -0.330. The van der Waals surface area contributed by atoms with Crippen molar-refractivity contribution in [2.45, 2.75) is 33.9 Å². The number of aryl methyl sites for hydroxylation is 4. The Bertz CT molecular complexity index is 817. The lowest BCUT2D eigenvalue weighted by molar-refractivity contribution is 0.386. The molecule has 6 heteroatoms. The van der Waals surface area contributed by atoms with E-state index >= 15 is 0 Å². The van der Waals surface area contributed by atoms with E-state index in [-0.39, 0.29) is 17.7 Å². The van der Waals surface area contributed by atoms with Crippen LogP contribution in [0, 0.1) is 27.7 Å². The zero-order valence-corrected chi connectivity index (χ0v) is 13.6. The normalized spacial score (nSPS) is 11.3. The van der Waals surface area contributed by atoms with Crippen molar-refractivity contribution < 1.29 is 10.2 Å². The van der Waals surface area contributed by atoms with Gasteiger partial charge in [-0.2, -0.15) is 10.2 Å². The second-order valence-corrected chi connectivity index (χ2v) is 5.87. The number of phenols is 2. The van der Waals surface area contributed by atoms with Crippen LogP contribution in [0.2, 0.25) is 0 Å². The smallest absolute Gasteiger partial charge is 0.169 e. The standard InChI is InChI=1S/C17H20N4O2/c1-10-7-12(3)20(18-10)17(21-13(4)8-11(2)19-21)14-5-6-15(22)16(23)9-14/h5-9,17,22-23H,1-4H3. The second-order valence-electron chi connectivity index (χ2n) is 5.87. The highest BCUT2D eigenvalue weighted by Crippen LogP contribution is 2.31. The van der Waals surface area contributed by atoms with E-state index in [1.807, 2.05) is 49.2 Å². The molecule has 0 aliphatic heterocycles. The lowest BCUT2D eigenvalue weighted by Crippen LogP contribution is -2.24. The van der Waals surface area contributed by atoms with Crippen molar-refractivity contribution >= 4 is 0 Å². The van der Waals surface area contributed by atoms with E-state index in [1.165, 1.54) is 6.07 Å². The number of phenolic OH excluding ortho intramolecular Hbond substituents is 2. The predicted octanol–water partition coefficient (Wildman–Crippen LogP) is 2.82. The summed E-state index contributed by atoms with van der Waals surface area (Å²) in [5, 5.41) is 28.6. The molecule has 0 unspecified atom stereocenters. The third-order valence-corrected chi connectivity index (χ3v) is 3.85. The Balaban J connectivity index is 2.23. The summed E-state index contributed by atoms with van der Waals surface area (Å²) in [6.45, 7) is 7.85. The monoisotopic (exact) mass is 312 g/mol. The highest BCUT2D eigenvalue weighted by Gasteiger charge is 2.22. The maximum absolute atomic E-state index is 9.88. The van der Waals surface area contributed by atoms with E-state index in [0.29, 0.717) is 0 Å². The molecule has 0 fully saturated rings. The summed E-state index contributed by atoms with van der Waals surface area (Å²) < 4.78 is 3.75. The van der Waals surface area contributed by atoms with Gasteiger partial charge in [0.25, 0.3) is 0 Å². The van der Waals surface area contributed by atoms with Crippen LogP contribution in [-0.2, 0) is 0 Å². The zero-order valence-electron chi connectivity index (χ0n) is 13.6. The van der Waals surface area contributed by atoms with Gasteiger partial charge in [-0.3, -0.25) is 0 Å². The van der Waals surface area contributed by atoms with Crippen LogP contribution in [0.25, 0.3) is 0 Å². The van der Waals surface area contributed by atoms with Gasteiger partial charge in [-0.15, -0.1) is 0 Å². The van der Waals surface area contributed by atoms with E-state index < -0.39 is 0 Å². The van der Waals surface area contributed by atoms with Crippen LogP contribution in [0.1, 0.15) is 34.5 Å². The van der Waals surface area contributed by atoms with Crippen molar-refractivity contribution in [3.63, 3.8) is 0 Å². The molecule has 6 nitrogen and oxygen atoms in total. The Morgan fingerprint density at radius 2 is 1.30 bits per heavy atom. The van der Waals surface area contributed by atoms with Crippen molar-refractivity contribution in [1.82, 2.24) is 19.6 Å². The topological polar surface area (TPSA) is 76.1 Å². The molecule has 23 heavy (non-hydrogen) atoms. The molecule has 2 aromatic heterocycles. The maximum atomic E-state index is 9.88. The number of aromatic nitrogens is 4. The molecule has 3 aromatic rings. The van der Waals surface area contributed by atoms with E-state index in [1.54, 1.807) is 12.1 Å². The van der Waals surface area contributed by atoms with Crippen LogP contribution >= 0.6 is 0 Å². The third-order valence-electron chi connectivity index (χ3n) is 3.85. The Kier molecular flexibility index (Phi) is 3.60. The van der Waals surface area contributed by atoms with Gasteiger partial charge in [0.15, 0.2) is 17.7 Å². The molecule has 0 amide bonds. The molecular weight excluding hydrogens is 292 g/mol. The lowest BCUT2D eigenvalue weighted by Gasteiger charge is -2.22. The average molecular weight is 312 g/mol. The van der Waals surface area contributed by atoms with Gasteiger partial charge in [-0.05, 0) is 52.0 Å². The van der Waals surface area contributed by atoms with Crippen LogP contribution in [0.4, 0.5) is 0 Å². The van der Waals surface area contributed by atoms with Gasteiger partial charge in [0.2, 0.25) is 0 Å². The Hall–Kier alpha value is -2.76. The quantitative estimate of drug-likeness (QED) is 0.729. The van der Waals surface area contributed by atoms with Crippen LogP contribution in [0.15, 0.2) is 30.3 Å². The molecule has 3 rings (SSSR count). The number of aromatic hydroxyl groups is 2. The summed E-state index contributed by atoms with van der Waals surface area (Å²) >= 11 is 0. The Labute approximate surface area is 134 Å². The first-order chi connectivity index (χ1) is 10.9. The molecule has 0 aliphatic carbocycles. The highest BCUT2D eigenvalue weighted by molar-refractivity contribution is 5.42. The molecule has 1 aromatic carbocycles. The first-order valence-corrected chi connectivity index (χ1v) is 7.44. The first kappa shape index (κ1) is 15.1. The van der Waals surface area contributed by atoms with Crippen LogP contribution in [0.5, 0.6) is 11.5 Å². The van der Waals surface area contributed by atoms with Gasteiger partial charge >= 0.3 is 0 Å². The molecule has 0 spiro atoms. The van der Waals surface area contributed by atoms with Crippen LogP contribution < -0.4 is 0 Å². The van der Waals surface area contributed by atoms with Crippen molar-refractivity contribution in [1.29, 1.82) is 0 Å². The fourth-order valence-electron chi connectivity index (χ4n) is 2.87. The summed E-state index contributed by atoms with van der Waals surface area (Å²) in [7, 11) is 0. The van der Waals surface area contributed by atoms with Gasteiger partial charge < -0.3 is 10.2 Å². The number of benzene rings is 1. The summed E-state index contributed by atoms with van der Waals surface area (Å²) in [6.07, 6.45) is -0.330. The minimum Gasteiger partial charge on any atom is -0.504 e. The fraction of sp³-hybridized carbons (Fsp3) is 0.294. The molecule has 0 aliphatic rings. The average Bonchev–Trinajstić information content (AvgIpc) is 2.97. The van der Waals surface area contributed by atoms with E-state index in [9.17, 15) is 10.2 Å². The largest absolute Gasteiger partial charge is 0.504 e. The SMILES string of the molecule is Cc1cc(C)n(C(c2ccc(O)c(O)c2)n2nc(C)cc2C)n1. The molecule has 0 saturated carbocycles. The third kappa shape index (κ3) is 2.67. The number of hydrogen-bond acceptors (Lipinski definition) is 4.